The monoisotopic (exact) mass is 316 g/mol. The van der Waals surface area contributed by atoms with Crippen molar-refractivity contribution in [1.82, 2.24) is 15.3 Å². The maximum absolute atomic E-state index is 5.50. The van der Waals surface area contributed by atoms with Gasteiger partial charge in [0, 0.05) is 43.5 Å². The highest BCUT2D eigenvalue weighted by Gasteiger charge is 2.24. The molecule has 3 heterocycles. The van der Waals surface area contributed by atoms with Gasteiger partial charge in [0.1, 0.15) is 11.6 Å². The molecule has 2 aliphatic heterocycles. The van der Waals surface area contributed by atoms with Gasteiger partial charge in [-0.15, -0.1) is 0 Å². The molecule has 1 atom stereocenters. The maximum Gasteiger partial charge on any atom is 0.134 e. The van der Waals surface area contributed by atoms with Gasteiger partial charge in [-0.2, -0.15) is 0 Å². The van der Waals surface area contributed by atoms with E-state index in [0.29, 0.717) is 11.8 Å². The SMILES string of the molecule is C1CCC(c2nc3c(c(NC[C@H]4CCOC4)n2)CCNCC3)C1. The normalized spacial score (nSPS) is 25.3. The first-order valence-corrected chi connectivity index (χ1v) is 9.32. The second-order valence-electron chi connectivity index (χ2n) is 7.20. The van der Waals surface area contributed by atoms with Crippen molar-refractivity contribution in [3.8, 4) is 0 Å². The molecule has 126 valence electrons. The van der Waals surface area contributed by atoms with Crippen molar-refractivity contribution in [3.63, 3.8) is 0 Å². The van der Waals surface area contributed by atoms with Crippen LogP contribution in [0.25, 0.3) is 0 Å². The summed E-state index contributed by atoms with van der Waals surface area (Å²) in [5, 5.41) is 7.14. The lowest BCUT2D eigenvalue weighted by atomic mass is 10.0. The number of hydrogen-bond acceptors (Lipinski definition) is 5. The summed E-state index contributed by atoms with van der Waals surface area (Å²) >= 11 is 0. The Morgan fingerprint density at radius 1 is 1.09 bits per heavy atom. The van der Waals surface area contributed by atoms with Gasteiger partial charge in [0.25, 0.3) is 0 Å². The molecule has 0 unspecified atom stereocenters. The van der Waals surface area contributed by atoms with E-state index in [1.807, 2.05) is 0 Å². The summed E-state index contributed by atoms with van der Waals surface area (Å²) in [6.45, 7) is 4.83. The molecular weight excluding hydrogens is 288 g/mol. The number of aromatic nitrogens is 2. The quantitative estimate of drug-likeness (QED) is 0.892. The van der Waals surface area contributed by atoms with E-state index in [2.05, 4.69) is 10.6 Å². The predicted octanol–water partition coefficient (Wildman–Crippen LogP) is 2.27. The molecule has 0 bridgehead atoms. The van der Waals surface area contributed by atoms with Gasteiger partial charge in [-0.25, -0.2) is 9.97 Å². The van der Waals surface area contributed by atoms with Gasteiger partial charge in [-0.05, 0) is 32.2 Å². The first-order valence-electron chi connectivity index (χ1n) is 9.32. The van der Waals surface area contributed by atoms with E-state index >= 15 is 0 Å². The number of rotatable bonds is 4. The Balaban J connectivity index is 1.59. The molecule has 0 spiro atoms. The van der Waals surface area contributed by atoms with Crippen LogP contribution in [0, 0.1) is 5.92 Å². The summed E-state index contributed by atoms with van der Waals surface area (Å²) in [5.74, 6) is 3.40. The third-order valence-corrected chi connectivity index (χ3v) is 5.50. The van der Waals surface area contributed by atoms with Crippen LogP contribution in [0.1, 0.15) is 55.1 Å². The van der Waals surface area contributed by atoms with Gasteiger partial charge >= 0.3 is 0 Å². The molecule has 1 saturated heterocycles. The minimum absolute atomic E-state index is 0.576. The van der Waals surface area contributed by atoms with E-state index in [9.17, 15) is 0 Å². The Bertz CT molecular complexity index is 536. The molecule has 1 saturated carbocycles. The van der Waals surface area contributed by atoms with Gasteiger partial charge in [-0.3, -0.25) is 0 Å². The van der Waals surface area contributed by atoms with E-state index < -0.39 is 0 Å². The molecule has 3 aliphatic rings. The van der Waals surface area contributed by atoms with Gasteiger partial charge in [0.15, 0.2) is 0 Å². The molecule has 0 radical (unpaired) electrons. The topological polar surface area (TPSA) is 59.1 Å². The van der Waals surface area contributed by atoms with Crippen molar-refractivity contribution < 1.29 is 4.74 Å². The number of nitrogens with zero attached hydrogens (tertiary/aromatic N) is 2. The van der Waals surface area contributed by atoms with Gasteiger partial charge < -0.3 is 15.4 Å². The lowest BCUT2D eigenvalue weighted by molar-refractivity contribution is 0.187. The van der Waals surface area contributed by atoms with Crippen molar-refractivity contribution >= 4 is 5.82 Å². The van der Waals surface area contributed by atoms with E-state index in [1.54, 1.807) is 0 Å². The Hall–Kier alpha value is -1.20. The van der Waals surface area contributed by atoms with Crippen molar-refractivity contribution in [2.45, 2.75) is 50.9 Å². The van der Waals surface area contributed by atoms with Crippen LogP contribution in [0.2, 0.25) is 0 Å². The molecule has 23 heavy (non-hydrogen) atoms. The molecule has 5 nitrogen and oxygen atoms in total. The van der Waals surface area contributed by atoms with Crippen LogP contribution in [0.5, 0.6) is 0 Å². The van der Waals surface area contributed by atoms with Crippen LogP contribution >= 0.6 is 0 Å². The second kappa shape index (κ2) is 7.14. The predicted molar refractivity (Wildman–Crippen MR) is 90.9 cm³/mol. The van der Waals surface area contributed by atoms with Crippen molar-refractivity contribution in [2.75, 3.05) is 38.2 Å². The van der Waals surface area contributed by atoms with Crippen LogP contribution in [0.4, 0.5) is 5.82 Å². The molecule has 1 aromatic heterocycles. The van der Waals surface area contributed by atoms with Crippen LogP contribution in [0.3, 0.4) is 0 Å². The Kier molecular flexibility index (Phi) is 4.76. The molecular formula is C18H28N4O. The van der Waals surface area contributed by atoms with E-state index in [4.69, 9.17) is 14.7 Å². The van der Waals surface area contributed by atoms with Crippen LogP contribution < -0.4 is 10.6 Å². The summed E-state index contributed by atoms with van der Waals surface area (Å²) in [5.41, 5.74) is 2.62. The van der Waals surface area contributed by atoms with Gasteiger partial charge in [-0.1, -0.05) is 12.8 Å². The third-order valence-electron chi connectivity index (χ3n) is 5.50. The minimum Gasteiger partial charge on any atom is -0.381 e. The van der Waals surface area contributed by atoms with E-state index in [1.165, 1.54) is 36.9 Å². The van der Waals surface area contributed by atoms with E-state index in [-0.39, 0.29) is 0 Å². The first kappa shape index (κ1) is 15.3. The zero-order valence-electron chi connectivity index (χ0n) is 13.9. The van der Waals surface area contributed by atoms with Crippen LogP contribution in [-0.4, -0.2) is 42.8 Å². The van der Waals surface area contributed by atoms with Gasteiger partial charge in [0.05, 0.1) is 12.3 Å². The summed E-state index contributed by atoms with van der Waals surface area (Å²) in [6.07, 6.45) is 8.39. The average Bonchev–Trinajstić information content (AvgIpc) is 3.23. The summed E-state index contributed by atoms with van der Waals surface area (Å²) in [7, 11) is 0. The molecule has 4 rings (SSSR count). The Morgan fingerprint density at radius 2 is 1.96 bits per heavy atom. The van der Waals surface area contributed by atoms with Crippen LogP contribution in [0.15, 0.2) is 0 Å². The lowest BCUT2D eigenvalue weighted by Crippen LogP contribution is -2.19. The number of ether oxygens (including phenoxy) is 1. The lowest BCUT2D eigenvalue weighted by Gasteiger charge is -2.18. The van der Waals surface area contributed by atoms with Crippen molar-refractivity contribution in [2.24, 2.45) is 5.92 Å². The fourth-order valence-corrected chi connectivity index (χ4v) is 4.06. The van der Waals surface area contributed by atoms with E-state index in [0.717, 1.165) is 63.8 Å². The number of hydrogen-bond donors (Lipinski definition) is 2. The number of nitrogens with one attached hydrogen (secondary N) is 2. The van der Waals surface area contributed by atoms with Crippen molar-refractivity contribution in [1.29, 1.82) is 0 Å². The molecule has 2 N–H and O–H groups in total. The molecule has 0 aromatic carbocycles. The summed E-state index contributed by atoms with van der Waals surface area (Å²) < 4.78 is 5.50. The second-order valence-corrected chi connectivity index (χ2v) is 7.20. The third kappa shape index (κ3) is 3.50. The standard InChI is InChI=1S/C18H28N4O/c1-2-4-14(3-1)17-21-16-6-9-19-8-5-15(16)18(22-17)20-11-13-7-10-23-12-13/h13-14,19H,1-12H2,(H,20,21,22)/t13-/m1/s1. The Labute approximate surface area is 138 Å². The number of fused-ring (bicyclic) bond motifs is 1. The highest BCUT2D eigenvalue weighted by atomic mass is 16.5. The summed E-state index contributed by atoms with van der Waals surface area (Å²) in [4.78, 5) is 9.96. The zero-order chi connectivity index (χ0) is 15.5. The largest absolute Gasteiger partial charge is 0.381 e. The molecule has 1 aromatic rings. The first-order chi connectivity index (χ1) is 11.4. The Morgan fingerprint density at radius 3 is 2.78 bits per heavy atom. The fourth-order valence-electron chi connectivity index (χ4n) is 4.06. The smallest absolute Gasteiger partial charge is 0.134 e. The maximum atomic E-state index is 5.50. The van der Waals surface area contributed by atoms with Crippen molar-refractivity contribution in [3.05, 3.63) is 17.1 Å². The molecule has 2 fully saturated rings. The number of anilines is 1. The van der Waals surface area contributed by atoms with Crippen LogP contribution in [-0.2, 0) is 17.6 Å². The summed E-state index contributed by atoms with van der Waals surface area (Å²) in [6, 6.07) is 0. The molecule has 1 aliphatic carbocycles. The average molecular weight is 316 g/mol. The van der Waals surface area contributed by atoms with Gasteiger partial charge in [0.2, 0.25) is 0 Å². The fraction of sp³-hybridized carbons (Fsp3) is 0.778. The minimum atomic E-state index is 0.576. The highest BCUT2D eigenvalue weighted by Crippen LogP contribution is 2.34. The molecule has 0 amide bonds. The molecule has 5 heteroatoms. The highest BCUT2D eigenvalue weighted by molar-refractivity contribution is 5.48. The zero-order valence-corrected chi connectivity index (χ0v) is 13.9.